The first-order valence-corrected chi connectivity index (χ1v) is 7.89. The fourth-order valence-corrected chi connectivity index (χ4v) is 3.05. The molecule has 1 aliphatic heterocycles. The summed E-state index contributed by atoms with van der Waals surface area (Å²) in [7, 11) is 0. The zero-order valence-corrected chi connectivity index (χ0v) is 12.7. The molecule has 1 aromatic heterocycles. The lowest BCUT2D eigenvalue weighted by molar-refractivity contribution is 0.191. The molecule has 0 bridgehead atoms. The number of carbonyl (C=O) groups excluding carboxylic acids is 1. The molecule has 2 heterocycles. The van der Waals surface area contributed by atoms with Crippen LogP contribution in [0.3, 0.4) is 0 Å². The van der Waals surface area contributed by atoms with Crippen LogP contribution in [0.5, 0.6) is 0 Å². The normalized spacial score (nSPS) is 22.5. The average Bonchev–Trinajstić information content (AvgIpc) is 2.89. The molecule has 114 valence electrons. The highest BCUT2D eigenvalue weighted by atomic mass is 16.2. The van der Waals surface area contributed by atoms with Crippen LogP contribution in [0.2, 0.25) is 0 Å². The summed E-state index contributed by atoms with van der Waals surface area (Å²) in [5.74, 6) is 0. The van der Waals surface area contributed by atoms with E-state index in [0.29, 0.717) is 0 Å². The Labute approximate surface area is 126 Å². The third-order valence-corrected chi connectivity index (χ3v) is 4.55. The van der Waals surface area contributed by atoms with E-state index in [1.165, 1.54) is 12.8 Å². The Morgan fingerprint density at radius 2 is 2.33 bits per heavy atom. The maximum Gasteiger partial charge on any atom is 0.318 e. The Hall–Kier alpha value is -1.78. The third kappa shape index (κ3) is 3.28. The van der Waals surface area contributed by atoms with E-state index in [2.05, 4.69) is 33.9 Å². The summed E-state index contributed by atoms with van der Waals surface area (Å²) >= 11 is 0. The summed E-state index contributed by atoms with van der Waals surface area (Å²) in [6.07, 6.45) is 14.4. The third-order valence-electron chi connectivity index (χ3n) is 4.55. The first kappa shape index (κ1) is 14.2. The SMILES string of the molecule is CCC[C@H]1C=CCN1C(=O)NCC1(Cn2ccnc2)CC1. The van der Waals surface area contributed by atoms with E-state index < -0.39 is 0 Å². The molecule has 0 saturated heterocycles. The highest BCUT2D eigenvalue weighted by Crippen LogP contribution is 2.46. The van der Waals surface area contributed by atoms with Gasteiger partial charge < -0.3 is 14.8 Å². The first-order valence-electron chi connectivity index (χ1n) is 7.89. The Balaban J connectivity index is 1.49. The van der Waals surface area contributed by atoms with E-state index in [1.807, 2.05) is 17.4 Å². The molecule has 0 radical (unpaired) electrons. The second kappa shape index (κ2) is 5.92. The van der Waals surface area contributed by atoms with Crippen LogP contribution < -0.4 is 5.32 Å². The molecule has 21 heavy (non-hydrogen) atoms. The Kier molecular flexibility index (Phi) is 3.99. The van der Waals surface area contributed by atoms with Crippen molar-refractivity contribution in [1.29, 1.82) is 0 Å². The van der Waals surface area contributed by atoms with Gasteiger partial charge in [0.2, 0.25) is 0 Å². The van der Waals surface area contributed by atoms with Gasteiger partial charge in [-0.15, -0.1) is 0 Å². The Bertz CT molecular complexity index is 504. The zero-order chi connectivity index (χ0) is 14.7. The second-order valence-electron chi connectivity index (χ2n) is 6.33. The first-order chi connectivity index (χ1) is 10.2. The predicted octanol–water partition coefficient (Wildman–Crippen LogP) is 2.41. The molecule has 1 N–H and O–H groups in total. The highest BCUT2D eigenvalue weighted by molar-refractivity contribution is 5.75. The number of aromatic nitrogens is 2. The van der Waals surface area contributed by atoms with Crippen LogP contribution in [-0.2, 0) is 6.54 Å². The van der Waals surface area contributed by atoms with Crippen molar-refractivity contribution in [3.63, 3.8) is 0 Å². The minimum atomic E-state index is 0.0790. The van der Waals surface area contributed by atoms with Gasteiger partial charge in [0, 0.05) is 37.4 Å². The van der Waals surface area contributed by atoms with Gasteiger partial charge in [-0.05, 0) is 19.3 Å². The van der Waals surface area contributed by atoms with E-state index in [0.717, 1.165) is 32.5 Å². The van der Waals surface area contributed by atoms with Gasteiger partial charge in [-0.2, -0.15) is 0 Å². The Morgan fingerprint density at radius 3 is 3.00 bits per heavy atom. The molecular formula is C16H24N4O. The molecule has 1 fully saturated rings. The molecule has 0 aromatic carbocycles. The number of hydrogen-bond acceptors (Lipinski definition) is 2. The average molecular weight is 288 g/mol. The molecular weight excluding hydrogens is 264 g/mol. The van der Waals surface area contributed by atoms with E-state index in [4.69, 9.17) is 0 Å². The molecule has 0 spiro atoms. The molecule has 1 atom stereocenters. The van der Waals surface area contributed by atoms with Crippen molar-refractivity contribution in [3.05, 3.63) is 30.9 Å². The summed E-state index contributed by atoms with van der Waals surface area (Å²) < 4.78 is 2.11. The lowest BCUT2D eigenvalue weighted by Gasteiger charge is -2.26. The molecule has 5 heteroatoms. The maximum atomic E-state index is 12.4. The molecule has 3 rings (SSSR count). The quantitative estimate of drug-likeness (QED) is 0.817. The minimum absolute atomic E-state index is 0.0790. The van der Waals surface area contributed by atoms with Crippen LogP contribution in [-0.4, -0.2) is 39.6 Å². The monoisotopic (exact) mass is 288 g/mol. The van der Waals surface area contributed by atoms with Gasteiger partial charge in [0.05, 0.1) is 12.4 Å². The molecule has 1 saturated carbocycles. The van der Waals surface area contributed by atoms with Crippen molar-refractivity contribution in [2.24, 2.45) is 5.41 Å². The number of rotatable bonds is 6. The molecule has 2 aliphatic rings. The summed E-state index contributed by atoms with van der Waals surface area (Å²) in [4.78, 5) is 18.4. The number of amides is 2. The van der Waals surface area contributed by atoms with E-state index in [-0.39, 0.29) is 17.5 Å². The van der Waals surface area contributed by atoms with Crippen LogP contribution >= 0.6 is 0 Å². The van der Waals surface area contributed by atoms with Gasteiger partial charge in [0.1, 0.15) is 0 Å². The molecule has 0 unspecified atom stereocenters. The van der Waals surface area contributed by atoms with Crippen molar-refractivity contribution in [3.8, 4) is 0 Å². The van der Waals surface area contributed by atoms with Crippen LogP contribution in [0.1, 0.15) is 32.6 Å². The maximum absolute atomic E-state index is 12.4. The van der Waals surface area contributed by atoms with Gasteiger partial charge in [-0.1, -0.05) is 25.5 Å². The van der Waals surface area contributed by atoms with Crippen molar-refractivity contribution in [1.82, 2.24) is 19.8 Å². The summed E-state index contributed by atoms with van der Waals surface area (Å²) in [6.45, 7) is 4.61. The summed E-state index contributed by atoms with van der Waals surface area (Å²) in [5, 5.41) is 3.14. The smallest absolute Gasteiger partial charge is 0.318 e. The fraction of sp³-hybridized carbons (Fsp3) is 0.625. The largest absolute Gasteiger partial charge is 0.337 e. The fourth-order valence-electron chi connectivity index (χ4n) is 3.05. The standard InChI is InChI=1S/C16H24N4O/c1-2-4-14-5-3-9-20(14)15(21)18-11-16(6-7-16)12-19-10-8-17-13-19/h3,5,8,10,13-14H,2,4,6-7,9,11-12H2,1H3,(H,18,21)/t14-/m0/s1. The number of nitrogens with zero attached hydrogens (tertiary/aromatic N) is 3. The lowest BCUT2D eigenvalue weighted by atomic mass is 10.1. The van der Waals surface area contributed by atoms with Gasteiger partial charge in [0.15, 0.2) is 0 Å². The van der Waals surface area contributed by atoms with Crippen molar-refractivity contribution in [2.45, 2.75) is 45.2 Å². The van der Waals surface area contributed by atoms with Gasteiger partial charge in [0.25, 0.3) is 0 Å². The molecule has 1 aliphatic carbocycles. The number of imidazole rings is 1. The Morgan fingerprint density at radius 1 is 1.48 bits per heavy atom. The van der Waals surface area contributed by atoms with Gasteiger partial charge in [-0.25, -0.2) is 9.78 Å². The summed E-state index contributed by atoms with van der Waals surface area (Å²) in [5.41, 5.74) is 0.240. The highest BCUT2D eigenvalue weighted by Gasteiger charge is 2.43. The molecule has 1 aromatic rings. The number of urea groups is 1. The zero-order valence-electron chi connectivity index (χ0n) is 12.7. The predicted molar refractivity (Wildman–Crippen MR) is 81.8 cm³/mol. The summed E-state index contributed by atoms with van der Waals surface area (Å²) in [6, 6.07) is 0.356. The lowest BCUT2D eigenvalue weighted by Crippen LogP contribution is -2.45. The topological polar surface area (TPSA) is 50.2 Å². The van der Waals surface area contributed by atoms with Crippen LogP contribution in [0.25, 0.3) is 0 Å². The van der Waals surface area contributed by atoms with Crippen molar-refractivity contribution in [2.75, 3.05) is 13.1 Å². The van der Waals surface area contributed by atoms with Crippen molar-refractivity contribution >= 4 is 6.03 Å². The van der Waals surface area contributed by atoms with Crippen LogP contribution in [0, 0.1) is 5.41 Å². The second-order valence-corrected chi connectivity index (χ2v) is 6.33. The molecule has 5 nitrogen and oxygen atoms in total. The van der Waals surface area contributed by atoms with Crippen molar-refractivity contribution < 1.29 is 4.79 Å². The van der Waals surface area contributed by atoms with Crippen LogP contribution in [0.4, 0.5) is 4.79 Å². The number of nitrogens with one attached hydrogen (secondary N) is 1. The van der Waals surface area contributed by atoms with E-state index >= 15 is 0 Å². The van der Waals surface area contributed by atoms with E-state index in [1.54, 1.807) is 6.20 Å². The van der Waals surface area contributed by atoms with Gasteiger partial charge >= 0.3 is 6.03 Å². The number of carbonyl (C=O) groups is 1. The van der Waals surface area contributed by atoms with Crippen LogP contribution in [0.15, 0.2) is 30.9 Å². The van der Waals surface area contributed by atoms with Gasteiger partial charge in [-0.3, -0.25) is 0 Å². The number of hydrogen-bond donors (Lipinski definition) is 1. The molecule has 2 amide bonds. The van der Waals surface area contributed by atoms with E-state index in [9.17, 15) is 4.79 Å². The minimum Gasteiger partial charge on any atom is -0.337 e.